The molecule has 0 fully saturated rings. The number of hydrogen-bond acceptors (Lipinski definition) is 1. The molecule has 0 aliphatic heterocycles. The fraction of sp³-hybridized carbons (Fsp3) is 0.308. The molecule has 0 amide bonds. The van der Waals surface area contributed by atoms with Crippen molar-refractivity contribution in [1.29, 1.82) is 5.26 Å². The molecule has 1 aliphatic carbocycles. The highest BCUT2D eigenvalue weighted by molar-refractivity contribution is 5.28. The van der Waals surface area contributed by atoms with E-state index in [4.69, 9.17) is 5.26 Å². The lowest BCUT2D eigenvalue weighted by Gasteiger charge is -2.19. The third kappa shape index (κ3) is 1.85. The SMILES string of the molecule is N#CC1=CCC(c2ccccc2)CC1. The standard InChI is InChI=1S/C13H13N/c14-10-11-6-8-13(9-7-11)12-4-2-1-3-5-12/h1-6,13H,7-9H2. The second-order valence-corrected chi connectivity index (χ2v) is 3.72. The fourth-order valence-electron chi connectivity index (χ4n) is 1.96. The van der Waals surface area contributed by atoms with E-state index < -0.39 is 0 Å². The molecule has 0 aromatic heterocycles. The van der Waals surface area contributed by atoms with E-state index in [0.29, 0.717) is 5.92 Å². The van der Waals surface area contributed by atoms with Gasteiger partial charge in [0.2, 0.25) is 0 Å². The molecule has 70 valence electrons. The van der Waals surface area contributed by atoms with Crippen LogP contribution in [-0.2, 0) is 0 Å². The van der Waals surface area contributed by atoms with Crippen LogP contribution in [0.1, 0.15) is 30.7 Å². The van der Waals surface area contributed by atoms with Crippen molar-refractivity contribution in [2.45, 2.75) is 25.2 Å². The molecule has 0 heterocycles. The zero-order valence-corrected chi connectivity index (χ0v) is 8.11. The Balaban J connectivity index is 2.11. The summed E-state index contributed by atoms with van der Waals surface area (Å²) in [7, 11) is 0. The van der Waals surface area contributed by atoms with Gasteiger partial charge in [0.25, 0.3) is 0 Å². The second-order valence-electron chi connectivity index (χ2n) is 3.72. The molecule has 1 aromatic carbocycles. The maximum Gasteiger partial charge on any atom is 0.0943 e. The first-order valence-electron chi connectivity index (χ1n) is 5.04. The molecule has 0 N–H and O–H groups in total. The van der Waals surface area contributed by atoms with E-state index >= 15 is 0 Å². The summed E-state index contributed by atoms with van der Waals surface area (Å²) in [5.41, 5.74) is 2.36. The molecule has 1 unspecified atom stereocenters. The molecule has 0 saturated heterocycles. The normalized spacial score (nSPS) is 21.1. The minimum absolute atomic E-state index is 0.619. The molecule has 0 spiro atoms. The first-order chi connectivity index (χ1) is 6.90. The van der Waals surface area contributed by atoms with Crippen molar-refractivity contribution in [3.8, 4) is 6.07 Å². The largest absolute Gasteiger partial charge is 0.193 e. The van der Waals surface area contributed by atoms with Crippen molar-refractivity contribution in [2.75, 3.05) is 0 Å². The zero-order valence-electron chi connectivity index (χ0n) is 8.11. The van der Waals surface area contributed by atoms with Gasteiger partial charge in [-0.25, -0.2) is 0 Å². The number of benzene rings is 1. The number of hydrogen-bond donors (Lipinski definition) is 0. The Morgan fingerprint density at radius 3 is 2.57 bits per heavy atom. The third-order valence-electron chi connectivity index (χ3n) is 2.83. The van der Waals surface area contributed by atoms with Gasteiger partial charge in [-0.15, -0.1) is 0 Å². The molecule has 0 bridgehead atoms. The van der Waals surface area contributed by atoms with Crippen LogP contribution in [0.4, 0.5) is 0 Å². The summed E-state index contributed by atoms with van der Waals surface area (Å²) in [5.74, 6) is 0.619. The average molecular weight is 183 g/mol. The van der Waals surface area contributed by atoms with Gasteiger partial charge in [-0.05, 0) is 30.7 Å². The Morgan fingerprint density at radius 1 is 1.21 bits per heavy atom. The summed E-state index contributed by atoms with van der Waals surface area (Å²) >= 11 is 0. The van der Waals surface area contributed by atoms with Gasteiger partial charge in [-0.2, -0.15) is 5.26 Å². The lowest BCUT2D eigenvalue weighted by Crippen LogP contribution is -2.03. The van der Waals surface area contributed by atoms with E-state index in [1.165, 1.54) is 5.56 Å². The molecule has 0 saturated carbocycles. The number of rotatable bonds is 1. The first-order valence-corrected chi connectivity index (χ1v) is 5.04. The summed E-state index contributed by atoms with van der Waals surface area (Å²) in [5, 5.41) is 8.73. The van der Waals surface area contributed by atoms with E-state index in [2.05, 4.69) is 36.4 Å². The molecule has 2 rings (SSSR count). The van der Waals surface area contributed by atoms with Crippen LogP contribution in [0.15, 0.2) is 42.0 Å². The Labute approximate surface area is 84.7 Å². The van der Waals surface area contributed by atoms with E-state index in [1.807, 2.05) is 6.07 Å². The summed E-state index contributed by atoms with van der Waals surface area (Å²) in [6.45, 7) is 0. The minimum Gasteiger partial charge on any atom is -0.193 e. The Bertz CT molecular complexity index is 370. The van der Waals surface area contributed by atoms with Gasteiger partial charge in [0.05, 0.1) is 6.07 Å². The van der Waals surface area contributed by atoms with E-state index in [1.54, 1.807) is 0 Å². The molecule has 1 aliphatic rings. The molecule has 1 nitrogen and oxygen atoms in total. The van der Waals surface area contributed by atoms with Crippen molar-refractivity contribution < 1.29 is 0 Å². The van der Waals surface area contributed by atoms with E-state index in [-0.39, 0.29) is 0 Å². The van der Waals surface area contributed by atoms with Gasteiger partial charge in [0, 0.05) is 5.57 Å². The highest BCUT2D eigenvalue weighted by Crippen LogP contribution is 2.31. The van der Waals surface area contributed by atoms with Crippen molar-refractivity contribution >= 4 is 0 Å². The Morgan fingerprint density at radius 2 is 2.00 bits per heavy atom. The number of nitriles is 1. The second kappa shape index (κ2) is 4.11. The molecular weight excluding hydrogens is 170 g/mol. The van der Waals surface area contributed by atoms with Gasteiger partial charge < -0.3 is 0 Å². The maximum atomic E-state index is 8.73. The predicted octanol–water partition coefficient (Wildman–Crippen LogP) is 3.40. The Kier molecular flexibility index (Phi) is 2.65. The summed E-state index contributed by atoms with van der Waals surface area (Å²) < 4.78 is 0. The fourth-order valence-corrected chi connectivity index (χ4v) is 1.96. The maximum absolute atomic E-state index is 8.73. The molecule has 1 atom stereocenters. The van der Waals surface area contributed by atoms with Gasteiger partial charge in [-0.3, -0.25) is 0 Å². The quantitative estimate of drug-likeness (QED) is 0.654. The topological polar surface area (TPSA) is 23.8 Å². The van der Waals surface area contributed by atoms with Crippen molar-refractivity contribution in [2.24, 2.45) is 0 Å². The van der Waals surface area contributed by atoms with E-state index in [0.717, 1.165) is 24.8 Å². The lowest BCUT2D eigenvalue weighted by molar-refractivity contribution is 0.607. The highest BCUT2D eigenvalue weighted by atomic mass is 14.3. The minimum atomic E-state index is 0.619. The smallest absolute Gasteiger partial charge is 0.0943 e. The van der Waals surface area contributed by atoms with Crippen LogP contribution in [0.5, 0.6) is 0 Å². The average Bonchev–Trinajstić information content (AvgIpc) is 2.30. The van der Waals surface area contributed by atoms with Crippen LogP contribution in [0.25, 0.3) is 0 Å². The van der Waals surface area contributed by atoms with E-state index in [9.17, 15) is 0 Å². The predicted molar refractivity (Wildman–Crippen MR) is 56.7 cm³/mol. The van der Waals surface area contributed by atoms with Crippen LogP contribution in [0.2, 0.25) is 0 Å². The number of nitrogens with zero attached hydrogens (tertiary/aromatic N) is 1. The van der Waals surface area contributed by atoms with Gasteiger partial charge >= 0.3 is 0 Å². The van der Waals surface area contributed by atoms with Gasteiger partial charge in [0.1, 0.15) is 0 Å². The van der Waals surface area contributed by atoms with Crippen LogP contribution in [0, 0.1) is 11.3 Å². The summed E-state index contributed by atoms with van der Waals surface area (Å²) in [6.07, 6.45) is 5.16. The highest BCUT2D eigenvalue weighted by Gasteiger charge is 2.15. The summed E-state index contributed by atoms with van der Waals surface area (Å²) in [6, 6.07) is 12.8. The zero-order chi connectivity index (χ0) is 9.80. The molecular formula is C13H13N. The molecule has 0 radical (unpaired) electrons. The monoisotopic (exact) mass is 183 g/mol. The van der Waals surface area contributed by atoms with Crippen molar-refractivity contribution in [3.05, 3.63) is 47.5 Å². The summed E-state index contributed by atoms with van der Waals surface area (Å²) in [4.78, 5) is 0. The van der Waals surface area contributed by atoms with Crippen molar-refractivity contribution in [3.63, 3.8) is 0 Å². The lowest BCUT2D eigenvalue weighted by atomic mass is 9.85. The molecule has 1 heteroatoms. The molecule has 14 heavy (non-hydrogen) atoms. The van der Waals surface area contributed by atoms with Gasteiger partial charge in [0.15, 0.2) is 0 Å². The van der Waals surface area contributed by atoms with Crippen LogP contribution in [0.3, 0.4) is 0 Å². The van der Waals surface area contributed by atoms with Crippen molar-refractivity contribution in [1.82, 2.24) is 0 Å². The third-order valence-corrected chi connectivity index (χ3v) is 2.83. The molecule has 1 aromatic rings. The Hall–Kier alpha value is -1.55. The van der Waals surface area contributed by atoms with Gasteiger partial charge in [-0.1, -0.05) is 36.4 Å². The van der Waals surface area contributed by atoms with Crippen LogP contribution < -0.4 is 0 Å². The number of allylic oxidation sites excluding steroid dienone is 2. The van der Waals surface area contributed by atoms with Crippen LogP contribution >= 0.6 is 0 Å². The first kappa shape index (κ1) is 9.02. The van der Waals surface area contributed by atoms with Crippen LogP contribution in [-0.4, -0.2) is 0 Å².